The number of hydrogen-bond acceptors (Lipinski definition) is 4. The molecule has 20 heavy (non-hydrogen) atoms. The third kappa shape index (κ3) is 3.52. The third-order valence-electron chi connectivity index (χ3n) is 2.56. The minimum absolute atomic E-state index is 0.126. The van der Waals surface area contributed by atoms with Crippen LogP contribution in [0, 0.1) is 0 Å². The maximum absolute atomic E-state index is 12.3. The van der Waals surface area contributed by atoms with Gasteiger partial charge in [-0.3, -0.25) is 4.99 Å². The molecule has 0 amide bonds. The minimum atomic E-state index is -3.14. The van der Waals surface area contributed by atoms with Gasteiger partial charge in [0.25, 0.3) is 0 Å². The standard InChI is InChI=1S/C12H12F4N2O2/c1-6-5-17-10(18-6)7-2-3-8(19-11(13)14)9(4-7)20-12(15)16/h2-4,6,11-12H,5H2,1H3,(H,17,18). The number of alkyl halides is 4. The lowest BCUT2D eigenvalue weighted by molar-refractivity contribution is -0.0692. The summed E-state index contributed by atoms with van der Waals surface area (Å²) in [6.07, 6.45) is 0. The molecular formula is C12H12F4N2O2. The molecule has 1 N–H and O–H groups in total. The molecule has 0 aromatic heterocycles. The summed E-state index contributed by atoms with van der Waals surface area (Å²) in [4.78, 5) is 4.17. The van der Waals surface area contributed by atoms with Gasteiger partial charge in [-0.05, 0) is 25.1 Å². The van der Waals surface area contributed by atoms with E-state index in [0.29, 0.717) is 17.9 Å². The number of halogens is 4. The van der Waals surface area contributed by atoms with Crippen molar-refractivity contribution in [2.75, 3.05) is 6.54 Å². The van der Waals surface area contributed by atoms with E-state index in [1.165, 1.54) is 12.1 Å². The highest BCUT2D eigenvalue weighted by Gasteiger charge is 2.19. The summed E-state index contributed by atoms with van der Waals surface area (Å²) >= 11 is 0. The molecule has 0 radical (unpaired) electrons. The molecule has 1 aliphatic heterocycles. The first-order valence-electron chi connectivity index (χ1n) is 5.80. The molecule has 110 valence electrons. The van der Waals surface area contributed by atoms with Crippen molar-refractivity contribution in [1.29, 1.82) is 0 Å². The second-order valence-corrected chi connectivity index (χ2v) is 4.15. The predicted molar refractivity (Wildman–Crippen MR) is 63.7 cm³/mol. The van der Waals surface area contributed by atoms with Crippen LogP contribution in [0.1, 0.15) is 12.5 Å². The molecular weight excluding hydrogens is 280 g/mol. The summed E-state index contributed by atoms with van der Waals surface area (Å²) in [7, 11) is 0. The lowest BCUT2D eigenvalue weighted by Crippen LogP contribution is -2.27. The van der Waals surface area contributed by atoms with Crippen LogP contribution in [0.3, 0.4) is 0 Å². The van der Waals surface area contributed by atoms with Crippen LogP contribution >= 0.6 is 0 Å². The highest BCUT2D eigenvalue weighted by Crippen LogP contribution is 2.31. The van der Waals surface area contributed by atoms with Crippen molar-refractivity contribution in [1.82, 2.24) is 5.32 Å². The van der Waals surface area contributed by atoms with Crippen LogP contribution in [0.2, 0.25) is 0 Å². The van der Waals surface area contributed by atoms with Crippen molar-refractivity contribution in [3.05, 3.63) is 23.8 Å². The first kappa shape index (κ1) is 14.4. The number of hydrogen-bond donors (Lipinski definition) is 1. The van der Waals surface area contributed by atoms with Gasteiger partial charge in [-0.25, -0.2) is 0 Å². The van der Waals surface area contributed by atoms with Crippen LogP contribution in [-0.2, 0) is 0 Å². The van der Waals surface area contributed by atoms with Gasteiger partial charge in [-0.2, -0.15) is 17.6 Å². The molecule has 1 atom stereocenters. The van der Waals surface area contributed by atoms with E-state index in [9.17, 15) is 17.6 Å². The summed E-state index contributed by atoms with van der Waals surface area (Å²) < 4.78 is 57.3. The van der Waals surface area contributed by atoms with Crippen LogP contribution in [0.15, 0.2) is 23.2 Å². The summed E-state index contributed by atoms with van der Waals surface area (Å²) in [5.41, 5.74) is 0.464. The van der Waals surface area contributed by atoms with E-state index < -0.39 is 24.7 Å². The maximum Gasteiger partial charge on any atom is 0.387 e. The van der Waals surface area contributed by atoms with Gasteiger partial charge in [0.1, 0.15) is 5.84 Å². The summed E-state index contributed by atoms with van der Waals surface area (Å²) in [5, 5.41) is 3.03. The Balaban J connectivity index is 2.28. The molecule has 0 saturated heterocycles. The van der Waals surface area contributed by atoms with E-state index in [1.807, 2.05) is 6.92 Å². The Hall–Kier alpha value is -1.99. The quantitative estimate of drug-likeness (QED) is 0.848. The maximum atomic E-state index is 12.3. The van der Waals surface area contributed by atoms with Crippen molar-refractivity contribution in [2.45, 2.75) is 26.2 Å². The van der Waals surface area contributed by atoms with Crippen LogP contribution in [0.5, 0.6) is 11.5 Å². The Kier molecular flexibility index (Phi) is 4.31. The summed E-state index contributed by atoms with van der Waals surface area (Å²) in [6, 6.07) is 3.90. The van der Waals surface area contributed by atoms with E-state index in [2.05, 4.69) is 19.8 Å². The molecule has 1 unspecified atom stereocenters. The Labute approximate surface area is 112 Å². The molecule has 1 heterocycles. The fourth-order valence-corrected chi connectivity index (χ4v) is 1.76. The monoisotopic (exact) mass is 292 g/mol. The number of aliphatic imine (C=N–C) groups is 1. The van der Waals surface area contributed by atoms with Gasteiger partial charge < -0.3 is 14.8 Å². The SMILES string of the molecule is CC1CN=C(c2ccc(OC(F)F)c(OC(F)F)c2)N1. The smallest absolute Gasteiger partial charge is 0.387 e. The lowest BCUT2D eigenvalue weighted by atomic mass is 10.2. The zero-order chi connectivity index (χ0) is 14.7. The minimum Gasteiger partial charge on any atom is -0.431 e. The van der Waals surface area contributed by atoms with Gasteiger partial charge in [-0.15, -0.1) is 0 Å². The molecule has 1 aromatic rings. The summed E-state index contributed by atoms with van der Waals surface area (Å²) in [5.74, 6) is -0.405. The van der Waals surface area contributed by atoms with E-state index in [-0.39, 0.29) is 6.04 Å². The van der Waals surface area contributed by atoms with Gasteiger partial charge in [0.2, 0.25) is 0 Å². The Morgan fingerprint density at radius 3 is 2.35 bits per heavy atom. The largest absolute Gasteiger partial charge is 0.431 e. The van der Waals surface area contributed by atoms with E-state index in [1.54, 1.807) is 0 Å². The highest BCUT2D eigenvalue weighted by molar-refractivity contribution is 6.00. The van der Waals surface area contributed by atoms with Gasteiger partial charge in [-0.1, -0.05) is 0 Å². The van der Waals surface area contributed by atoms with Gasteiger partial charge in [0, 0.05) is 11.6 Å². The average Bonchev–Trinajstić information content (AvgIpc) is 2.77. The zero-order valence-electron chi connectivity index (χ0n) is 10.4. The lowest BCUT2D eigenvalue weighted by Gasteiger charge is -2.13. The Morgan fingerprint density at radius 2 is 1.80 bits per heavy atom. The van der Waals surface area contributed by atoms with Crippen molar-refractivity contribution >= 4 is 5.84 Å². The van der Waals surface area contributed by atoms with Crippen molar-refractivity contribution < 1.29 is 27.0 Å². The molecule has 2 rings (SSSR count). The molecule has 0 bridgehead atoms. The molecule has 8 heteroatoms. The normalized spacial score (nSPS) is 18.1. The van der Waals surface area contributed by atoms with Gasteiger partial charge >= 0.3 is 13.2 Å². The van der Waals surface area contributed by atoms with Crippen LogP contribution in [0.25, 0.3) is 0 Å². The fraction of sp³-hybridized carbons (Fsp3) is 0.417. The van der Waals surface area contributed by atoms with Gasteiger partial charge in [0.15, 0.2) is 11.5 Å². The second-order valence-electron chi connectivity index (χ2n) is 4.15. The first-order valence-corrected chi connectivity index (χ1v) is 5.80. The molecule has 0 fully saturated rings. The average molecular weight is 292 g/mol. The first-order chi connectivity index (χ1) is 9.45. The predicted octanol–water partition coefficient (Wildman–Crippen LogP) is 2.63. The van der Waals surface area contributed by atoms with Crippen molar-refractivity contribution in [2.24, 2.45) is 4.99 Å². The topological polar surface area (TPSA) is 42.9 Å². The molecule has 1 aliphatic rings. The number of rotatable bonds is 5. The summed E-state index contributed by atoms with van der Waals surface area (Å²) in [6.45, 7) is -3.80. The van der Waals surface area contributed by atoms with Crippen molar-refractivity contribution in [3.63, 3.8) is 0 Å². The third-order valence-corrected chi connectivity index (χ3v) is 2.56. The second kappa shape index (κ2) is 5.98. The van der Waals surface area contributed by atoms with E-state index in [0.717, 1.165) is 6.07 Å². The molecule has 0 saturated carbocycles. The van der Waals surface area contributed by atoms with E-state index in [4.69, 9.17) is 0 Å². The van der Waals surface area contributed by atoms with E-state index >= 15 is 0 Å². The number of benzene rings is 1. The van der Waals surface area contributed by atoms with Crippen LogP contribution in [0.4, 0.5) is 17.6 Å². The van der Waals surface area contributed by atoms with Crippen LogP contribution < -0.4 is 14.8 Å². The highest BCUT2D eigenvalue weighted by atomic mass is 19.3. The zero-order valence-corrected chi connectivity index (χ0v) is 10.4. The number of ether oxygens (including phenoxy) is 2. The Bertz CT molecular complexity index is 508. The number of nitrogens with zero attached hydrogens (tertiary/aromatic N) is 1. The molecule has 0 aliphatic carbocycles. The number of nitrogens with one attached hydrogen (secondary N) is 1. The molecule has 1 aromatic carbocycles. The van der Waals surface area contributed by atoms with Crippen LogP contribution in [-0.4, -0.2) is 31.6 Å². The molecule has 4 nitrogen and oxygen atoms in total. The Morgan fingerprint density at radius 1 is 1.15 bits per heavy atom. The molecule has 0 spiro atoms. The fourth-order valence-electron chi connectivity index (χ4n) is 1.76. The van der Waals surface area contributed by atoms with Gasteiger partial charge in [0.05, 0.1) is 6.54 Å². The number of amidine groups is 1. The van der Waals surface area contributed by atoms with Crippen molar-refractivity contribution in [3.8, 4) is 11.5 Å².